The first-order valence-corrected chi connectivity index (χ1v) is 14.1. The minimum Gasteiger partial charge on any atom is -0.374 e. The zero-order valence-corrected chi connectivity index (χ0v) is 23.0. The number of ether oxygens (including phenoxy) is 5. The fourth-order valence-corrected chi connectivity index (χ4v) is 5.16. The molecule has 1 unspecified atom stereocenters. The topological polar surface area (TPSA) is 58.5 Å². The quantitative estimate of drug-likeness (QED) is 0.201. The van der Waals surface area contributed by atoms with Crippen LogP contribution in [-0.2, 0) is 50.1 Å². The van der Waals surface area contributed by atoms with Crippen LogP contribution in [0.4, 0.5) is 0 Å². The van der Waals surface area contributed by atoms with Crippen LogP contribution in [0.25, 0.3) is 0 Å². The molecule has 4 aromatic carbocycles. The molecule has 0 aliphatic carbocycles. The molecule has 6 nitrogen and oxygen atoms in total. The molecule has 0 amide bonds. The highest BCUT2D eigenvalue weighted by Crippen LogP contribution is 2.42. The molecule has 4 aromatic rings. The molecule has 0 N–H and O–H groups in total. The summed E-state index contributed by atoms with van der Waals surface area (Å²) in [5.41, 5.74) is 3.42. The van der Waals surface area contributed by atoms with E-state index in [1.807, 2.05) is 91.1 Å². The summed E-state index contributed by atoms with van der Waals surface area (Å²) in [6.45, 7) is 2.04. The second-order valence-corrected chi connectivity index (χ2v) is 10.4. The Bertz CT molecular complexity index is 1360. The largest absolute Gasteiger partial charge is 0.374 e. The minimum absolute atomic E-state index is 0.329. The molecule has 2 aliphatic rings. The van der Waals surface area contributed by atoms with Crippen LogP contribution in [0.2, 0.25) is 0 Å². The van der Waals surface area contributed by atoms with Crippen LogP contribution in [0.5, 0.6) is 0 Å². The lowest BCUT2D eigenvalue weighted by Crippen LogP contribution is -2.63. The highest BCUT2D eigenvalue weighted by atomic mass is 16.6. The van der Waals surface area contributed by atoms with E-state index in [0.29, 0.717) is 33.0 Å². The summed E-state index contributed by atoms with van der Waals surface area (Å²) in [5.74, 6) is 0. The first-order chi connectivity index (χ1) is 20.3. The van der Waals surface area contributed by atoms with E-state index >= 15 is 0 Å². The lowest BCUT2D eigenvalue weighted by atomic mass is 9.93. The monoisotopic (exact) mass is 549 g/mol. The molecule has 41 heavy (non-hydrogen) atoms. The summed E-state index contributed by atoms with van der Waals surface area (Å²) >= 11 is 0. The van der Waals surface area contributed by atoms with Gasteiger partial charge in [0.25, 0.3) is 0 Å². The number of hydrogen-bond acceptors (Lipinski definition) is 6. The standard InChI is InChI=1S/C35H35NO5/c1-5-13-27(14-6-1)21-37-25-31-32(38-22-28-15-7-2-8-16-28)33(39-23-29-17-9-3-10-18-29)34(35(41-31)26-36-35)40-24-30-19-11-4-12-20-30/h1-20,26,31-34H,21-25H2/t31-,32-,33+,34-,35?/m1/s1. The Balaban J connectivity index is 1.25. The van der Waals surface area contributed by atoms with Crippen LogP contribution < -0.4 is 0 Å². The van der Waals surface area contributed by atoms with E-state index in [0.717, 1.165) is 22.3 Å². The highest BCUT2D eigenvalue weighted by Gasteiger charge is 2.61. The van der Waals surface area contributed by atoms with Crippen LogP contribution in [0.3, 0.4) is 0 Å². The number of aliphatic imine (C=N–C) groups is 1. The lowest BCUT2D eigenvalue weighted by Gasteiger charge is -2.45. The van der Waals surface area contributed by atoms with E-state index in [1.165, 1.54) is 0 Å². The Kier molecular flexibility index (Phi) is 8.95. The SMILES string of the molecule is C1=NC12O[C@H](COCc1ccccc1)[C@@H](OCc1ccccc1)[C@H](OCc1ccccc1)[C@H]2OCc1ccccc1. The predicted octanol–water partition coefficient (Wildman–Crippen LogP) is 6.14. The Morgan fingerprint density at radius 1 is 0.537 bits per heavy atom. The van der Waals surface area contributed by atoms with E-state index in [2.05, 4.69) is 41.4 Å². The molecule has 6 heteroatoms. The van der Waals surface area contributed by atoms with Crippen molar-refractivity contribution in [2.75, 3.05) is 6.61 Å². The van der Waals surface area contributed by atoms with Crippen LogP contribution in [0.15, 0.2) is 126 Å². The van der Waals surface area contributed by atoms with Crippen LogP contribution in [0, 0.1) is 0 Å². The molecule has 2 heterocycles. The summed E-state index contributed by atoms with van der Waals surface area (Å²) < 4.78 is 32.7. The van der Waals surface area contributed by atoms with E-state index in [9.17, 15) is 0 Å². The molecule has 1 fully saturated rings. The van der Waals surface area contributed by atoms with E-state index in [-0.39, 0.29) is 0 Å². The Hall–Kier alpha value is -3.65. The van der Waals surface area contributed by atoms with Gasteiger partial charge in [-0.2, -0.15) is 0 Å². The molecule has 1 spiro atoms. The summed E-state index contributed by atoms with van der Waals surface area (Å²) in [5, 5.41) is 0. The van der Waals surface area contributed by atoms with Gasteiger partial charge in [-0.05, 0) is 22.3 Å². The van der Waals surface area contributed by atoms with Crippen molar-refractivity contribution in [3.05, 3.63) is 144 Å². The summed E-state index contributed by atoms with van der Waals surface area (Å²) in [4.78, 5) is 4.60. The number of hydrogen-bond donors (Lipinski definition) is 0. The third kappa shape index (κ3) is 7.17. The van der Waals surface area contributed by atoms with Crippen LogP contribution in [-0.4, -0.2) is 43.0 Å². The van der Waals surface area contributed by atoms with E-state index in [1.54, 1.807) is 0 Å². The number of benzene rings is 4. The molecule has 0 bridgehead atoms. The first kappa shape index (κ1) is 27.5. The molecule has 2 aliphatic heterocycles. The van der Waals surface area contributed by atoms with Crippen molar-refractivity contribution < 1.29 is 23.7 Å². The van der Waals surface area contributed by atoms with Gasteiger partial charge in [0.15, 0.2) is 0 Å². The molecule has 6 rings (SSSR count). The van der Waals surface area contributed by atoms with Crippen LogP contribution >= 0.6 is 0 Å². The summed E-state index contributed by atoms with van der Waals surface area (Å²) in [6, 6.07) is 40.5. The van der Waals surface area contributed by atoms with Gasteiger partial charge >= 0.3 is 0 Å². The summed E-state index contributed by atoms with van der Waals surface area (Å²) in [6.07, 6.45) is 0.00780. The molecule has 1 saturated heterocycles. The fraction of sp³-hybridized carbons (Fsp3) is 0.286. The maximum atomic E-state index is 6.68. The molecule has 0 aromatic heterocycles. The fourth-order valence-electron chi connectivity index (χ4n) is 5.16. The smallest absolute Gasteiger partial charge is 0.224 e. The highest BCUT2D eigenvalue weighted by molar-refractivity contribution is 5.83. The van der Waals surface area contributed by atoms with Crippen molar-refractivity contribution in [1.29, 1.82) is 0 Å². The van der Waals surface area contributed by atoms with Gasteiger partial charge in [0, 0.05) is 0 Å². The zero-order chi connectivity index (χ0) is 27.7. The van der Waals surface area contributed by atoms with Gasteiger partial charge in [0.1, 0.15) is 24.4 Å². The van der Waals surface area contributed by atoms with Crippen molar-refractivity contribution in [2.45, 2.75) is 56.6 Å². The summed E-state index contributed by atoms with van der Waals surface area (Å²) in [7, 11) is 0. The van der Waals surface area contributed by atoms with Crippen molar-refractivity contribution >= 4 is 6.21 Å². The lowest BCUT2D eigenvalue weighted by molar-refractivity contribution is -0.277. The second kappa shape index (κ2) is 13.3. The first-order valence-electron chi connectivity index (χ1n) is 14.1. The second-order valence-electron chi connectivity index (χ2n) is 10.4. The molecular weight excluding hydrogens is 514 g/mol. The Morgan fingerprint density at radius 3 is 1.41 bits per heavy atom. The van der Waals surface area contributed by atoms with Gasteiger partial charge in [-0.1, -0.05) is 121 Å². The third-order valence-electron chi connectivity index (χ3n) is 7.36. The van der Waals surface area contributed by atoms with Crippen molar-refractivity contribution in [1.82, 2.24) is 0 Å². The zero-order valence-electron chi connectivity index (χ0n) is 23.0. The van der Waals surface area contributed by atoms with E-state index in [4.69, 9.17) is 23.7 Å². The number of rotatable bonds is 13. The minimum atomic E-state index is -0.899. The van der Waals surface area contributed by atoms with Gasteiger partial charge in [0.05, 0.1) is 39.2 Å². The van der Waals surface area contributed by atoms with Gasteiger partial charge in [-0.15, -0.1) is 0 Å². The van der Waals surface area contributed by atoms with Crippen molar-refractivity contribution in [3.8, 4) is 0 Å². The maximum absolute atomic E-state index is 6.68. The Morgan fingerprint density at radius 2 is 0.951 bits per heavy atom. The Labute approximate surface area is 241 Å². The molecule has 0 saturated carbocycles. The van der Waals surface area contributed by atoms with Crippen molar-refractivity contribution in [3.63, 3.8) is 0 Å². The van der Waals surface area contributed by atoms with Gasteiger partial charge < -0.3 is 23.7 Å². The molecular formula is C35H35NO5. The maximum Gasteiger partial charge on any atom is 0.224 e. The molecule has 0 radical (unpaired) electrons. The molecule has 210 valence electrons. The van der Waals surface area contributed by atoms with Crippen molar-refractivity contribution in [2.24, 2.45) is 4.99 Å². The van der Waals surface area contributed by atoms with Crippen LogP contribution in [0.1, 0.15) is 22.3 Å². The van der Waals surface area contributed by atoms with Gasteiger partial charge in [0.2, 0.25) is 5.72 Å². The number of nitrogens with zero attached hydrogens (tertiary/aromatic N) is 1. The van der Waals surface area contributed by atoms with Gasteiger partial charge in [-0.3, -0.25) is 0 Å². The molecule has 5 atom stereocenters. The predicted molar refractivity (Wildman–Crippen MR) is 157 cm³/mol. The average Bonchev–Trinajstić information content (AvgIpc) is 3.80. The normalized spacial score (nSPS) is 24.9. The van der Waals surface area contributed by atoms with Gasteiger partial charge in [-0.25, -0.2) is 4.99 Å². The average molecular weight is 550 g/mol. The van der Waals surface area contributed by atoms with E-state index < -0.39 is 30.1 Å². The third-order valence-corrected chi connectivity index (χ3v) is 7.36.